The summed E-state index contributed by atoms with van der Waals surface area (Å²) in [5.41, 5.74) is 5.32. The summed E-state index contributed by atoms with van der Waals surface area (Å²) in [6, 6.07) is 1.77. The second-order valence-electron chi connectivity index (χ2n) is 4.75. The molecule has 0 atom stereocenters. The molecule has 2 aromatic rings. The SMILES string of the molecule is CC(C)(CCO)Nc1nc(N)nc(-n2cccn2)n1. The summed E-state index contributed by atoms with van der Waals surface area (Å²) >= 11 is 0. The van der Waals surface area contributed by atoms with E-state index in [-0.39, 0.29) is 18.1 Å². The van der Waals surface area contributed by atoms with Crippen molar-refractivity contribution in [2.24, 2.45) is 0 Å². The van der Waals surface area contributed by atoms with Gasteiger partial charge in [-0.25, -0.2) is 4.68 Å². The maximum absolute atomic E-state index is 9.01. The maximum Gasteiger partial charge on any atom is 0.257 e. The largest absolute Gasteiger partial charge is 0.396 e. The van der Waals surface area contributed by atoms with Gasteiger partial charge in [0.25, 0.3) is 5.95 Å². The van der Waals surface area contributed by atoms with E-state index in [9.17, 15) is 0 Å². The Kier molecular flexibility index (Phi) is 3.61. The number of hydrogen-bond donors (Lipinski definition) is 3. The molecular weight excluding hydrogens is 246 g/mol. The highest BCUT2D eigenvalue weighted by Gasteiger charge is 2.19. The van der Waals surface area contributed by atoms with Crippen LogP contribution >= 0.6 is 0 Å². The summed E-state index contributed by atoms with van der Waals surface area (Å²) in [7, 11) is 0. The summed E-state index contributed by atoms with van der Waals surface area (Å²) in [6.45, 7) is 3.96. The van der Waals surface area contributed by atoms with Crippen molar-refractivity contribution in [2.45, 2.75) is 25.8 Å². The van der Waals surface area contributed by atoms with E-state index in [1.165, 1.54) is 4.68 Å². The van der Waals surface area contributed by atoms with Gasteiger partial charge in [-0.3, -0.25) is 0 Å². The summed E-state index contributed by atoms with van der Waals surface area (Å²) in [5.74, 6) is 0.819. The third kappa shape index (κ3) is 3.38. The predicted molar refractivity (Wildman–Crippen MR) is 70.8 cm³/mol. The van der Waals surface area contributed by atoms with Crippen LogP contribution in [-0.4, -0.2) is 42.0 Å². The molecule has 0 saturated heterocycles. The summed E-state index contributed by atoms with van der Waals surface area (Å²) in [6.07, 6.45) is 3.91. The van der Waals surface area contributed by atoms with Crippen molar-refractivity contribution in [3.05, 3.63) is 18.5 Å². The Morgan fingerprint density at radius 2 is 2.16 bits per heavy atom. The fourth-order valence-electron chi connectivity index (χ4n) is 1.57. The zero-order chi connectivity index (χ0) is 13.9. The fourth-order valence-corrected chi connectivity index (χ4v) is 1.57. The number of hydrogen-bond acceptors (Lipinski definition) is 7. The molecule has 8 nitrogen and oxygen atoms in total. The van der Waals surface area contributed by atoms with E-state index in [0.29, 0.717) is 18.3 Å². The van der Waals surface area contributed by atoms with Gasteiger partial charge < -0.3 is 16.2 Å². The Morgan fingerprint density at radius 3 is 2.79 bits per heavy atom. The Hall–Kier alpha value is -2.22. The number of aromatic nitrogens is 5. The number of nitrogens with two attached hydrogens (primary N) is 1. The molecule has 0 spiro atoms. The molecule has 0 aliphatic rings. The molecule has 0 radical (unpaired) electrons. The predicted octanol–water partition coefficient (Wildman–Crippen LogP) is 0.212. The summed E-state index contributed by atoms with van der Waals surface area (Å²) in [5, 5.41) is 16.2. The second kappa shape index (κ2) is 5.19. The van der Waals surface area contributed by atoms with E-state index in [1.54, 1.807) is 18.5 Å². The van der Waals surface area contributed by atoms with Crippen LogP contribution in [-0.2, 0) is 0 Å². The molecule has 8 heteroatoms. The van der Waals surface area contributed by atoms with Gasteiger partial charge in [-0.05, 0) is 26.3 Å². The number of anilines is 2. The molecule has 2 heterocycles. The van der Waals surface area contributed by atoms with Gasteiger partial charge in [-0.15, -0.1) is 0 Å². The number of aliphatic hydroxyl groups excluding tert-OH is 1. The highest BCUT2D eigenvalue weighted by molar-refractivity contribution is 5.36. The van der Waals surface area contributed by atoms with Crippen LogP contribution in [0.1, 0.15) is 20.3 Å². The number of rotatable bonds is 5. The Bertz CT molecular complexity index is 538. The molecule has 0 aliphatic heterocycles. The fraction of sp³-hybridized carbons (Fsp3) is 0.455. The third-order valence-corrected chi connectivity index (χ3v) is 2.54. The van der Waals surface area contributed by atoms with Crippen molar-refractivity contribution in [2.75, 3.05) is 17.7 Å². The van der Waals surface area contributed by atoms with Crippen molar-refractivity contribution in [3.8, 4) is 5.95 Å². The third-order valence-electron chi connectivity index (χ3n) is 2.54. The maximum atomic E-state index is 9.01. The number of nitrogen functional groups attached to an aromatic ring is 1. The molecule has 0 fully saturated rings. The minimum absolute atomic E-state index is 0.0760. The average molecular weight is 263 g/mol. The zero-order valence-corrected chi connectivity index (χ0v) is 10.9. The molecule has 2 aromatic heterocycles. The standard InChI is InChI=1S/C11H17N7O/c1-11(2,4-7-19)17-9-14-8(12)15-10(16-9)18-6-3-5-13-18/h3,5-6,19H,4,7H2,1-2H3,(H3,12,14,15,16,17). The van der Waals surface area contributed by atoms with Crippen LogP contribution in [0.3, 0.4) is 0 Å². The highest BCUT2D eigenvalue weighted by atomic mass is 16.3. The number of nitrogens with one attached hydrogen (secondary N) is 1. The lowest BCUT2D eigenvalue weighted by molar-refractivity contribution is 0.260. The van der Waals surface area contributed by atoms with Crippen LogP contribution in [0.4, 0.5) is 11.9 Å². The first-order chi connectivity index (χ1) is 9.00. The van der Waals surface area contributed by atoms with E-state index in [1.807, 2.05) is 13.8 Å². The molecule has 0 bridgehead atoms. The van der Waals surface area contributed by atoms with E-state index in [4.69, 9.17) is 10.8 Å². The lowest BCUT2D eigenvalue weighted by atomic mass is 10.0. The quantitative estimate of drug-likeness (QED) is 0.706. The van der Waals surface area contributed by atoms with Crippen molar-refractivity contribution < 1.29 is 5.11 Å². The van der Waals surface area contributed by atoms with Gasteiger partial charge in [0.1, 0.15) is 0 Å². The molecule has 102 valence electrons. The normalized spacial score (nSPS) is 11.5. The van der Waals surface area contributed by atoms with E-state index in [0.717, 1.165) is 0 Å². The van der Waals surface area contributed by atoms with Crippen molar-refractivity contribution in [3.63, 3.8) is 0 Å². The molecule has 19 heavy (non-hydrogen) atoms. The van der Waals surface area contributed by atoms with Gasteiger partial charge in [-0.1, -0.05) is 0 Å². The minimum Gasteiger partial charge on any atom is -0.396 e. The lowest BCUT2D eigenvalue weighted by Gasteiger charge is -2.25. The molecule has 0 aromatic carbocycles. The first-order valence-electron chi connectivity index (χ1n) is 5.91. The van der Waals surface area contributed by atoms with Crippen LogP contribution in [0.15, 0.2) is 18.5 Å². The topological polar surface area (TPSA) is 115 Å². The van der Waals surface area contributed by atoms with Crippen LogP contribution < -0.4 is 11.1 Å². The Labute approximate surface area is 110 Å². The van der Waals surface area contributed by atoms with Crippen LogP contribution in [0.25, 0.3) is 5.95 Å². The summed E-state index contributed by atoms with van der Waals surface area (Å²) in [4.78, 5) is 12.3. The van der Waals surface area contributed by atoms with Gasteiger partial charge in [0.2, 0.25) is 11.9 Å². The van der Waals surface area contributed by atoms with E-state index in [2.05, 4.69) is 25.4 Å². The second-order valence-corrected chi connectivity index (χ2v) is 4.75. The molecule has 0 saturated carbocycles. The summed E-state index contributed by atoms with van der Waals surface area (Å²) < 4.78 is 1.50. The van der Waals surface area contributed by atoms with Gasteiger partial charge in [0.15, 0.2) is 0 Å². The van der Waals surface area contributed by atoms with E-state index >= 15 is 0 Å². The average Bonchev–Trinajstić information content (AvgIpc) is 2.80. The van der Waals surface area contributed by atoms with Crippen LogP contribution in [0, 0.1) is 0 Å². The Morgan fingerprint density at radius 1 is 1.37 bits per heavy atom. The van der Waals surface area contributed by atoms with Crippen molar-refractivity contribution in [1.29, 1.82) is 0 Å². The first-order valence-corrected chi connectivity index (χ1v) is 5.91. The zero-order valence-electron chi connectivity index (χ0n) is 10.9. The highest BCUT2D eigenvalue weighted by Crippen LogP contribution is 2.15. The van der Waals surface area contributed by atoms with Crippen LogP contribution in [0.5, 0.6) is 0 Å². The number of aliphatic hydroxyl groups is 1. The molecular formula is C11H17N7O. The molecule has 0 amide bonds. The van der Waals surface area contributed by atoms with Crippen molar-refractivity contribution >= 4 is 11.9 Å². The molecule has 0 aliphatic carbocycles. The van der Waals surface area contributed by atoms with Gasteiger partial charge in [-0.2, -0.15) is 20.1 Å². The first kappa shape index (κ1) is 13.2. The lowest BCUT2D eigenvalue weighted by Crippen LogP contribution is -2.33. The van der Waals surface area contributed by atoms with E-state index < -0.39 is 0 Å². The van der Waals surface area contributed by atoms with Gasteiger partial charge in [0, 0.05) is 24.5 Å². The van der Waals surface area contributed by atoms with Gasteiger partial charge >= 0.3 is 0 Å². The number of nitrogens with zero attached hydrogens (tertiary/aromatic N) is 5. The van der Waals surface area contributed by atoms with Crippen LogP contribution in [0.2, 0.25) is 0 Å². The van der Waals surface area contributed by atoms with Crippen molar-refractivity contribution in [1.82, 2.24) is 24.7 Å². The molecule has 4 N–H and O–H groups in total. The minimum atomic E-state index is -0.343. The Balaban J connectivity index is 2.27. The smallest absolute Gasteiger partial charge is 0.257 e. The van der Waals surface area contributed by atoms with Gasteiger partial charge in [0.05, 0.1) is 0 Å². The molecule has 0 unspecified atom stereocenters. The monoisotopic (exact) mass is 263 g/mol. The molecule has 2 rings (SSSR count).